The second-order valence-electron chi connectivity index (χ2n) is 5.69. The Morgan fingerprint density at radius 2 is 2.06 bits per heavy atom. The first-order chi connectivity index (χ1) is 8.15. The minimum absolute atomic E-state index is 0.649. The molecule has 0 amide bonds. The topological polar surface area (TPSA) is 32.5 Å². The van der Waals surface area contributed by atoms with Gasteiger partial charge in [0.05, 0.1) is 0 Å². The van der Waals surface area contributed by atoms with Gasteiger partial charge in [-0.2, -0.15) is 0 Å². The van der Waals surface area contributed by atoms with Crippen molar-refractivity contribution in [1.29, 1.82) is 0 Å². The summed E-state index contributed by atoms with van der Waals surface area (Å²) in [5.41, 5.74) is 5.60. The van der Waals surface area contributed by atoms with Gasteiger partial charge in [0.1, 0.15) is 0 Å². The van der Waals surface area contributed by atoms with Gasteiger partial charge in [0, 0.05) is 12.1 Å². The maximum absolute atomic E-state index is 5.60. The van der Waals surface area contributed by atoms with E-state index < -0.39 is 0 Å². The number of piperidine rings is 1. The molecule has 0 bridgehead atoms. The molecule has 17 heavy (non-hydrogen) atoms. The fourth-order valence-corrected chi connectivity index (χ4v) is 2.75. The lowest BCUT2D eigenvalue weighted by atomic mass is 9.99. The molecule has 2 N–H and O–H groups in total. The van der Waals surface area contributed by atoms with Crippen molar-refractivity contribution in [1.82, 2.24) is 9.80 Å². The molecule has 1 atom stereocenters. The minimum Gasteiger partial charge on any atom is -0.330 e. The molecule has 0 aromatic carbocycles. The lowest BCUT2D eigenvalue weighted by molar-refractivity contribution is 0.141. The molecule has 0 radical (unpaired) electrons. The number of nitrogens with zero attached hydrogens (tertiary/aromatic N) is 2. The van der Waals surface area contributed by atoms with E-state index in [0.717, 1.165) is 25.6 Å². The molecule has 1 heterocycles. The van der Waals surface area contributed by atoms with Crippen LogP contribution in [0.2, 0.25) is 0 Å². The molecular formula is C14H31N3. The van der Waals surface area contributed by atoms with Gasteiger partial charge in [-0.3, -0.25) is 0 Å². The molecule has 3 nitrogen and oxygen atoms in total. The van der Waals surface area contributed by atoms with Gasteiger partial charge in [-0.05, 0) is 72.8 Å². The van der Waals surface area contributed by atoms with Crippen molar-refractivity contribution < 1.29 is 0 Å². The van der Waals surface area contributed by atoms with Crippen LogP contribution in [0.15, 0.2) is 0 Å². The first-order valence-electron chi connectivity index (χ1n) is 7.29. The largest absolute Gasteiger partial charge is 0.330 e. The number of likely N-dealkylation sites (tertiary alicyclic amines) is 1. The average Bonchev–Trinajstić information content (AvgIpc) is 2.31. The third kappa shape index (κ3) is 5.36. The van der Waals surface area contributed by atoms with Gasteiger partial charge in [-0.1, -0.05) is 6.42 Å². The van der Waals surface area contributed by atoms with Crippen LogP contribution in [0.5, 0.6) is 0 Å². The van der Waals surface area contributed by atoms with Crippen LogP contribution in [-0.2, 0) is 0 Å². The van der Waals surface area contributed by atoms with E-state index in [9.17, 15) is 0 Å². The normalized spacial score (nSPS) is 22.6. The third-order valence-corrected chi connectivity index (χ3v) is 4.05. The highest BCUT2D eigenvalue weighted by Gasteiger charge is 2.20. The van der Waals surface area contributed by atoms with Crippen molar-refractivity contribution >= 4 is 0 Å². The van der Waals surface area contributed by atoms with Crippen LogP contribution in [0.1, 0.15) is 46.0 Å². The van der Waals surface area contributed by atoms with Crippen molar-refractivity contribution in [2.75, 3.05) is 33.2 Å². The van der Waals surface area contributed by atoms with Gasteiger partial charge >= 0.3 is 0 Å². The Kier molecular flexibility index (Phi) is 7.09. The van der Waals surface area contributed by atoms with Crippen molar-refractivity contribution in [3.05, 3.63) is 0 Å². The summed E-state index contributed by atoms with van der Waals surface area (Å²) in [4.78, 5) is 5.13. The molecule has 1 saturated heterocycles. The molecule has 1 aliphatic heterocycles. The van der Waals surface area contributed by atoms with E-state index in [1.54, 1.807) is 0 Å². The fourth-order valence-electron chi connectivity index (χ4n) is 2.75. The lowest BCUT2D eigenvalue weighted by Crippen LogP contribution is -2.41. The number of nitrogens with two attached hydrogens (primary N) is 1. The molecular weight excluding hydrogens is 210 g/mol. The molecule has 1 rings (SSSR count). The Bertz CT molecular complexity index is 194. The predicted molar refractivity (Wildman–Crippen MR) is 75.3 cm³/mol. The van der Waals surface area contributed by atoms with Crippen LogP contribution in [0.25, 0.3) is 0 Å². The van der Waals surface area contributed by atoms with Crippen LogP contribution in [0.3, 0.4) is 0 Å². The van der Waals surface area contributed by atoms with Crippen LogP contribution in [0.4, 0.5) is 0 Å². The van der Waals surface area contributed by atoms with Crippen molar-refractivity contribution in [3.63, 3.8) is 0 Å². The van der Waals surface area contributed by atoms with Gasteiger partial charge in [0.25, 0.3) is 0 Å². The molecule has 0 aliphatic carbocycles. The molecule has 1 aliphatic rings. The fraction of sp³-hybridized carbons (Fsp3) is 1.00. The van der Waals surface area contributed by atoms with Gasteiger partial charge in [-0.25, -0.2) is 0 Å². The Balaban J connectivity index is 2.29. The smallest absolute Gasteiger partial charge is 0.0104 e. The van der Waals surface area contributed by atoms with Crippen molar-refractivity contribution in [2.45, 2.75) is 58.0 Å². The van der Waals surface area contributed by atoms with Crippen molar-refractivity contribution in [2.24, 2.45) is 5.73 Å². The molecule has 102 valence electrons. The second-order valence-corrected chi connectivity index (χ2v) is 5.69. The molecule has 3 heteroatoms. The highest BCUT2D eigenvalue weighted by Crippen LogP contribution is 2.18. The third-order valence-electron chi connectivity index (χ3n) is 4.05. The second kappa shape index (κ2) is 8.06. The van der Waals surface area contributed by atoms with Crippen LogP contribution in [-0.4, -0.2) is 55.1 Å². The quantitative estimate of drug-likeness (QED) is 0.739. The highest BCUT2D eigenvalue weighted by molar-refractivity contribution is 4.76. The van der Waals surface area contributed by atoms with E-state index in [0.29, 0.717) is 6.04 Å². The predicted octanol–water partition coefficient (Wildman–Crippen LogP) is 1.92. The molecule has 1 fully saturated rings. The molecule has 1 unspecified atom stereocenters. The molecule has 0 aromatic rings. The zero-order valence-electron chi connectivity index (χ0n) is 12.0. The summed E-state index contributed by atoms with van der Waals surface area (Å²) in [5, 5.41) is 0. The first-order valence-corrected chi connectivity index (χ1v) is 7.29. The van der Waals surface area contributed by atoms with Gasteiger partial charge < -0.3 is 15.5 Å². The summed E-state index contributed by atoms with van der Waals surface area (Å²) >= 11 is 0. The van der Waals surface area contributed by atoms with E-state index >= 15 is 0 Å². The summed E-state index contributed by atoms with van der Waals surface area (Å²) in [6, 6.07) is 1.46. The Morgan fingerprint density at radius 3 is 2.65 bits per heavy atom. The molecule has 0 spiro atoms. The molecule has 0 aromatic heterocycles. The maximum Gasteiger partial charge on any atom is 0.0104 e. The van der Waals surface area contributed by atoms with Crippen LogP contribution >= 0.6 is 0 Å². The van der Waals surface area contributed by atoms with E-state index in [1.807, 2.05) is 0 Å². The number of hydrogen-bond acceptors (Lipinski definition) is 3. The maximum atomic E-state index is 5.60. The molecule has 0 saturated carbocycles. The van der Waals surface area contributed by atoms with Crippen LogP contribution in [0, 0.1) is 0 Å². The van der Waals surface area contributed by atoms with E-state index in [-0.39, 0.29) is 0 Å². The first kappa shape index (κ1) is 14.9. The monoisotopic (exact) mass is 241 g/mol. The van der Waals surface area contributed by atoms with Gasteiger partial charge in [0.15, 0.2) is 0 Å². The van der Waals surface area contributed by atoms with E-state index in [2.05, 4.69) is 30.7 Å². The summed E-state index contributed by atoms with van der Waals surface area (Å²) < 4.78 is 0. The average molecular weight is 241 g/mol. The Hall–Kier alpha value is -0.120. The van der Waals surface area contributed by atoms with E-state index in [1.165, 1.54) is 38.8 Å². The summed E-state index contributed by atoms with van der Waals surface area (Å²) in [7, 11) is 2.28. The number of rotatable bonds is 7. The summed E-state index contributed by atoms with van der Waals surface area (Å²) in [6.07, 6.45) is 6.63. The SMILES string of the molecule is CC(C)N(CCCN)CCC1CCCCN1C. The zero-order valence-corrected chi connectivity index (χ0v) is 12.0. The standard InChI is InChI=1S/C14H31N3/c1-13(2)17(11-6-9-15)12-8-14-7-4-5-10-16(14)3/h13-14H,4-12,15H2,1-3H3. The Morgan fingerprint density at radius 1 is 1.29 bits per heavy atom. The van der Waals surface area contributed by atoms with Crippen molar-refractivity contribution in [3.8, 4) is 0 Å². The van der Waals surface area contributed by atoms with Gasteiger partial charge in [-0.15, -0.1) is 0 Å². The van der Waals surface area contributed by atoms with Crippen LogP contribution < -0.4 is 5.73 Å². The Labute approximate surface area is 107 Å². The minimum atomic E-state index is 0.649. The number of hydrogen-bond donors (Lipinski definition) is 1. The summed E-state index contributed by atoms with van der Waals surface area (Å²) in [5.74, 6) is 0. The lowest BCUT2D eigenvalue weighted by Gasteiger charge is -2.35. The van der Waals surface area contributed by atoms with E-state index in [4.69, 9.17) is 5.73 Å². The summed E-state index contributed by atoms with van der Waals surface area (Å²) in [6.45, 7) is 9.07. The highest BCUT2D eigenvalue weighted by atomic mass is 15.2. The zero-order chi connectivity index (χ0) is 12.7. The van der Waals surface area contributed by atoms with Gasteiger partial charge in [0.2, 0.25) is 0 Å².